The van der Waals surface area contributed by atoms with Crippen LogP contribution < -0.4 is 19.5 Å². The van der Waals surface area contributed by atoms with Crippen molar-refractivity contribution in [3.8, 4) is 17.2 Å². The van der Waals surface area contributed by atoms with Crippen LogP contribution in [0.1, 0.15) is 66.7 Å². The van der Waals surface area contributed by atoms with E-state index in [9.17, 15) is 0 Å². The van der Waals surface area contributed by atoms with Crippen LogP contribution in [0.25, 0.3) is 0 Å². The first-order chi connectivity index (χ1) is 21.5. The third kappa shape index (κ3) is 3.50. The summed E-state index contributed by atoms with van der Waals surface area (Å²) < 4.78 is 25.5. The van der Waals surface area contributed by atoms with Crippen molar-refractivity contribution < 1.29 is 18.9 Å². The van der Waals surface area contributed by atoms with Gasteiger partial charge in [-0.05, 0) is 104 Å². The second kappa shape index (κ2) is 9.64. The molecule has 4 bridgehead atoms. The molecule has 2 aliphatic heterocycles. The van der Waals surface area contributed by atoms with Crippen LogP contribution in [-0.2, 0) is 23.1 Å². The van der Waals surface area contributed by atoms with Crippen LogP contribution >= 0.6 is 0 Å². The summed E-state index contributed by atoms with van der Waals surface area (Å²) in [7, 11) is 5.45. The maximum absolute atomic E-state index is 7.27. The van der Waals surface area contributed by atoms with Gasteiger partial charge in [0.1, 0.15) is 17.5 Å². The molecule has 0 radical (unpaired) electrons. The highest BCUT2D eigenvalue weighted by Gasteiger charge is 2.80. The summed E-state index contributed by atoms with van der Waals surface area (Å²) in [6.07, 6.45) is 8.42. The molecule has 4 saturated carbocycles. The van der Waals surface area contributed by atoms with Crippen LogP contribution in [0, 0.1) is 11.3 Å². The number of hydrogen-bond acceptors (Lipinski definition) is 6. The zero-order valence-electron chi connectivity index (χ0n) is 26.2. The number of benzene rings is 3. The Balaban J connectivity index is 1.13. The average Bonchev–Trinajstić information content (AvgIpc) is 3.82. The minimum absolute atomic E-state index is 0.0168. The van der Waals surface area contributed by atoms with E-state index >= 15 is 0 Å². The monoisotopic (exact) mass is 592 g/mol. The van der Waals surface area contributed by atoms with E-state index in [-0.39, 0.29) is 22.9 Å². The molecule has 1 saturated heterocycles. The number of methoxy groups -OCH3 is 3. The number of anilines is 1. The molecule has 0 amide bonds. The standard InChI is InChI=1S/C38H44N2O4/c1-41-29-9-4-6-25(18-29)22-39-28-8-5-7-26(19-28)30-21-36-14-15-38(30,43-3)35-37(36)16-17-40(23-24-10-11-24)32(36)20-27-12-13-31(42-2)34(44-35)33(27)37/h4-9,12-13,18-19,24,30,32,35,39H,10-11,14-17,20-23H2,1-3H3/t30-,32-,35-,36-,37+,38-/m1/s1. The fraction of sp³-hybridized carbons (Fsp3) is 0.526. The summed E-state index contributed by atoms with van der Waals surface area (Å²) in [6, 6.07) is 22.5. The molecule has 6 heteroatoms. The number of nitrogens with zero attached hydrogens (tertiary/aromatic N) is 1. The maximum atomic E-state index is 7.27. The molecule has 3 aromatic rings. The van der Waals surface area contributed by atoms with Gasteiger partial charge in [-0.15, -0.1) is 0 Å². The Morgan fingerprint density at radius 1 is 0.955 bits per heavy atom. The maximum Gasteiger partial charge on any atom is 0.165 e. The van der Waals surface area contributed by atoms with Crippen molar-refractivity contribution in [1.82, 2.24) is 4.90 Å². The number of fused-ring (bicyclic) bond motifs is 2. The average molecular weight is 593 g/mol. The van der Waals surface area contributed by atoms with Gasteiger partial charge in [0.05, 0.1) is 14.2 Å². The highest BCUT2D eigenvalue weighted by molar-refractivity contribution is 5.64. The quantitative estimate of drug-likeness (QED) is 0.298. The van der Waals surface area contributed by atoms with Crippen LogP contribution in [0.4, 0.5) is 5.69 Å². The third-order valence-electron chi connectivity index (χ3n) is 12.8. The SMILES string of the molecule is COc1cccc(CNc2cccc([C@H]3C[C@@]45CC[C@]3(OC)[C@@H]3Oc6c(OC)ccc7c6[C@@]34CCN(CC3CC3)[C@@H]5C7)c2)c1. The van der Waals surface area contributed by atoms with Crippen LogP contribution in [0.2, 0.25) is 0 Å². The lowest BCUT2D eigenvalue weighted by atomic mass is 9.34. The van der Waals surface area contributed by atoms with E-state index in [4.69, 9.17) is 18.9 Å². The first-order valence-electron chi connectivity index (χ1n) is 16.7. The van der Waals surface area contributed by atoms with Gasteiger partial charge in [-0.25, -0.2) is 0 Å². The Hall–Kier alpha value is -3.22. The molecular weight excluding hydrogens is 548 g/mol. The summed E-state index contributed by atoms with van der Waals surface area (Å²) in [5.41, 5.74) is 6.40. The van der Waals surface area contributed by atoms with Gasteiger partial charge in [0.2, 0.25) is 0 Å². The molecule has 44 heavy (non-hydrogen) atoms. The Morgan fingerprint density at radius 3 is 2.66 bits per heavy atom. The summed E-state index contributed by atoms with van der Waals surface area (Å²) in [5.74, 6) is 3.91. The zero-order valence-corrected chi connectivity index (χ0v) is 26.2. The summed E-state index contributed by atoms with van der Waals surface area (Å²) in [5, 5.41) is 3.70. The smallest absolute Gasteiger partial charge is 0.165 e. The van der Waals surface area contributed by atoms with Gasteiger partial charge in [0.15, 0.2) is 11.5 Å². The van der Waals surface area contributed by atoms with Gasteiger partial charge in [0.25, 0.3) is 0 Å². The topological polar surface area (TPSA) is 52.2 Å². The molecule has 6 atom stereocenters. The molecule has 6 nitrogen and oxygen atoms in total. The number of piperidine rings is 1. The largest absolute Gasteiger partial charge is 0.497 e. The molecule has 3 aromatic carbocycles. The van der Waals surface area contributed by atoms with Gasteiger partial charge < -0.3 is 24.3 Å². The molecule has 230 valence electrons. The highest BCUT2D eigenvalue weighted by Crippen LogP contribution is 2.78. The lowest BCUT2D eigenvalue weighted by molar-refractivity contribution is -0.261. The first-order valence-corrected chi connectivity index (χ1v) is 16.7. The van der Waals surface area contributed by atoms with Crippen LogP contribution in [0.15, 0.2) is 60.7 Å². The van der Waals surface area contributed by atoms with E-state index in [0.717, 1.165) is 67.6 Å². The normalized spacial score (nSPS) is 34.3. The molecule has 5 aliphatic carbocycles. The Labute approximate surface area is 261 Å². The van der Waals surface area contributed by atoms with Gasteiger partial charge in [-0.3, -0.25) is 4.90 Å². The predicted octanol–water partition coefficient (Wildman–Crippen LogP) is 6.71. The fourth-order valence-corrected chi connectivity index (χ4v) is 10.8. The second-order valence-electron chi connectivity index (χ2n) is 14.4. The molecule has 2 heterocycles. The van der Waals surface area contributed by atoms with Crippen molar-refractivity contribution in [3.63, 3.8) is 0 Å². The Kier molecular flexibility index (Phi) is 5.94. The predicted molar refractivity (Wildman–Crippen MR) is 171 cm³/mol. The molecule has 1 N–H and O–H groups in total. The van der Waals surface area contributed by atoms with Crippen molar-refractivity contribution in [2.75, 3.05) is 39.7 Å². The summed E-state index contributed by atoms with van der Waals surface area (Å²) >= 11 is 0. The van der Waals surface area contributed by atoms with Crippen molar-refractivity contribution in [2.45, 2.75) is 80.6 Å². The minimum Gasteiger partial charge on any atom is -0.497 e. The molecule has 7 aliphatic rings. The van der Waals surface area contributed by atoms with Gasteiger partial charge >= 0.3 is 0 Å². The Bertz CT molecular complexity index is 1620. The van der Waals surface area contributed by atoms with Crippen molar-refractivity contribution >= 4 is 5.69 Å². The number of likely N-dealkylation sites (tertiary alicyclic amines) is 1. The van der Waals surface area contributed by atoms with E-state index in [1.54, 1.807) is 14.2 Å². The van der Waals surface area contributed by atoms with E-state index in [0.29, 0.717) is 6.04 Å². The lowest BCUT2D eigenvalue weighted by Crippen LogP contribution is -2.80. The van der Waals surface area contributed by atoms with Crippen molar-refractivity contribution in [2.24, 2.45) is 11.3 Å². The van der Waals surface area contributed by atoms with Crippen LogP contribution in [0.5, 0.6) is 17.2 Å². The van der Waals surface area contributed by atoms with Crippen LogP contribution in [0.3, 0.4) is 0 Å². The molecule has 5 fully saturated rings. The first kappa shape index (κ1) is 27.1. The highest BCUT2D eigenvalue weighted by atomic mass is 16.6. The molecule has 0 unspecified atom stereocenters. The zero-order chi connectivity index (χ0) is 29.7. The van der Waals surface area contributed by atoms with Crippen molar-refractivity contribution in [3.05, 3.63) is 82.9 Å². The van der Waals surface area contributed by atoms with E-state index < -0.39 is 5.60 Å². The number of hydrogen-bond donors (Lipinski definition) is 1. The molecule has 10 rings (SSSR count). The van der Waals surface area contributed by atoms with E-state index in [2.05, 4.69) is 64.8 Å². The van der Waals surface area contributed by atoms with Gasteiger partial charge in [0, 0.05) is 54.2 Å². The number of rotatable bonds is 9. The van der Waals surface area contributed by atoms with Crippen LogP contribution in [-0.4, -0.2) is 57.1 Å². The van der Waals surface area contributed by atoms with Gasteiger partial charge in [-0.1, -0.05) is 30.3 Å². The third-order valence-corrected chi connectivity index (χ3v) is 12.8. The van der Waals surface area contributed by atoms with Crippen molar-refractivity contribution in [1.29, 1.82) is 0 Å². The van der Waals surface area contributed by atoms with E-state index in [1.807, 2.05) is 13.2 Å². The number of nitrogens with one attached hydrogen (secondary N) is 1. The fourth-order valence-electron chi connectivity index (χ4n) is 10.8. The number of ether oxygens (including phenoxy) is 4. The summed E-state index contributed by atoms with van der Waals surface area (Å²) in [6.45, 7) is 3.17. The molecule has 2 spiro atoms. The molecular formula is C38H44N2O4. The van der Waals surface area contributed by atoms with Gasteiger partial charge in [-0.2, -0.15) is 0 Å². The second-order valence-corrected chi connectivity index (χ2v) is 14.4. The molecule has 0 aromatic heterocycles. The Morgan fingerprint density at radius 2 is 1.84 bits per heavy atom. The lowest BCUT2D eigenvalue weighted by Gasteiger charge is -2.74. The van der Waals surface area contributed by atoms with E-state index in [1.165, 1.54) is 48.1 Å². The minimum atomic E-state index is -0.394. The summed E-state index contributed by atoms with van der Waals surface area (Å²) in [4.78, 5) is 2.92.